The van der Waals surface area contributed by atoms with Gasteiger partial charge in [-0.15, -0.1) is 0 Å². The molecule has 124 valence electrons. The summed E-state index contributed by atoms with van der Waals surface area (Å²) in [5.74, 6) is 0.464. The molecule has 0 saturated heterocycles. The Morgan fingerprint density at radius 3 is 1.62 bits per heavy atom. The predicted molar refractivity (Wildman–Crippen MR) is 94.7 cm³/mol. The molecule has 0 aliphatic carbocycles. The lowest BCUT2D eigenvalue weighted by molar-refractivity contribution is -0.118. The second kappa shape index (κ2) is 15.8. The molecule has 0 aromatic rings. The first-order valence-corrected chi connectivity index (χ1v) is 9.42. The molecule has 0 heterocycles. The number of carbonyl (C=O) groups is 1. The molecule has 0 amide bonds. The number of carbonyl (C=O) groups excluding carboxylic acids is 1. The second-order valence-corrected chi connectivity index (χ2v) is 6.39. The van der Waals surface area contributed by atoms with E-state index in [2.05, 4.69) is 20.4 Å². The van der Waals surface area contributed by atoms with E-state index in [9.17, 15) is 4.79 Å². The summed E-state index contributed by atoms with van der Waals surface area (Å²) in [6.45, 7) is 7.97. The Bertz CT molecular complexity index is 244. The van der Waals surface area contributed by atoms with Crippen molar-refractivity contribution in [1.29, 1.82) is 0 Å². The van der Waals surface area contributed by atoms with Crippen molar-refractivity contribution < 1.29 is 4.79 Å². The van der Waals surface area contributed by atoms with Gasteiger partial charge in [-0.1, -0.05) is 97.5 Å². The summed E-state index contributed by atoms with van der Waals surface area (Å²) < 4.78 is 0. The van der Waals surface area contributed by atoms with Gasteiger partial charge in [0.15, 0.2) is 5.78 Å². The molecule has 0 aliphatic rings. The Kier molecular flexibility index (Phi) is 15.3. The van der Waals surface area contributed by atoms with Gasteiger partial charge in [-0.3, -0.25) is 4.79 Å². The molecule has 1 unspecified atom stereocenters. The van der Waals surface area contributed by atoms with Gasteiger partial charge in [-0.25, -0.2) is 0 Å². The van der Waals surface area contributed by atoms with Gasteiger partial charge in [-0.2, -0.15) is 0 Å². The van der Waals surface area contributed by atoms with Crippen LogP contribution in [0.5, 0.6) is 0 Å². The first-order valence-electron chi connectivity index (χ1n) is 9.42. The molecule has 0 aliphatic heterocycles. The van der Waals surface area contributed by atoms with E-state index in [1.54, 1.807) is 0 Å². The van der Waals surface area contributed by atoms with Crippen LogP contribution in [-0.4, -0.2) is 5.78 Å². The average molecular weight is 295 g/mol. The predicted octanol–water partition coefficient (Wildman–Crippen LogP) is 6.86. The largest absolute Gasteiger partial charge is 0.295 e. The molecular formula is C20H38O. The van der Waals surface area contributed by atoms with E-state index in [1.807, 2.05) is 0 Å². The van der Waals surface area contributed by atoms with Gasteiger partial charge in [0.25, 0.3) is 0 Å². The summed E-state index contributed by atoms with van der Waals surface area (Å²) in [6, 6.07) is 0. The summed E-state index contributed by atoms with van der Waals surface area (Å²) in [4.78, 5) is 11.6. The van der Waals surface area contributed by atoms with Crippen LogP contribution >= 0.6 is 0 Å². The molecule has 0 saturated carbocycles. The van der Waals surface area contributed by atoms with Crippen molar-refractivity contribution in [2.45, 2.75) is 104 Å². The topological polar surface area (TPSA) is 17.1 Å². The third-order valence-corrected chi connectivity index (χ3v) is 4.50. The maximum atomic E-state index is 11.6. The van der Waals surface area contributed by atoms with Crippen molar-refractivity contribution in [2.75, 3.05) is 0 Å². The van der Waals surface area contributed by atoms with Crippen molar-refractivity contribution in [3.63, 3.8) is 0 Å². The Morgan fingerprint density at radius 1 is 0.810 bits per heavy atom. The monoisotopic (exact) mass is 294 g/mol. The highest BCUT2D eigenvalue weighted by atomic mass is 16.1. The number of hydrogen-bond donors (Lipinski definition) is 0. The van der Waals surface area contributed by atoms with E-state index in [4.69, 9.17) is 0 Å². The third kappa shape index (κ3) is 12.8. The third-order valence-electron chi connectivity index (χ3n) is 4.50. The minimum atomic E-state index is 0.227. The van der Waals surface area contributed by atoms with Crippen molar-refractivity contribution in [3.05, 3.63) is 12.7 Å². The van der Waals surface area contributed by atoms with Gasteiger partial charge in [0.1, 0.15) is 0 Å². The number of hydrogen-bond acceptors (Lipinski definition) is 1. The van der Waals surface area contributed by atoms with E-state index in [-0.39, 0.29) is 11.7 Å². The van der Waals surface area contributed by atoms with Gasteiger partial charge >= 0.3 is 0 Å². The molecule has 1 heteroatoms. The Hall–Kier alpha value is -0.590. The standard InChI is InChI=1S/C20H38O/c1-4-7-8-9-10-11-12-13-14-15-16-17-18-19(5-2)20(21)6-3/h6,19H,3-5,7-18H2,1-2H3. The van der Waals surface area contributed by atoms with Crippen LogP contribution in [0, 0.1) is 5.92 Å². The SMILES string of the molecule is C=CC(=O)C(CC)CCCCCCCCCCCCCC. The highest BCUT2D eigenvalue weighted by Gasteiger charge is 2.12. The van der Waals surface area contributed by atoms with E-state index >= 15 is 0 Å². The molecule has 0 fully saturated rings. The summed E-state index contributed by atoms with van der Waals surface area (Å²) in [7, 11) is 0. The Balaban J connectivity index is 3.25. The van der Waals surface area contributed by atoms with Gasteiger partial charge in [-0.05, 0) is 18.9 Å². The van der Waals surface area contributed by atoms with Crippen molar-refractivity contribution in [2.24, 2.45) is 5.92 Å². The molecule has 0 N–H and O–H groups in total. The number of ketones is 1. The van der Waals surface area contributed by atoms with Crippen molar-refractivity contribution in [3.8, 4) is 0 Å². The molecule has 0 rings (SSSR count). The smallest absolute Gasteiger partial charge is 0.158 e. The van der Waals surface area contributed by atoms with E-state index < -0.39 is 0 Å². The minimum absolute atomic E-state index is 0.227. The molecule has 0 aromatic carbocycles. The summed E-state index contributed by atoms with van der Waals surface area (Å²) in [5.41, 5.74) is 0. The average Bonchev–Trinajstić information content (AvgIpc) is 2.51. The summed E-state index contributed by atoms with van der Waals surface area (Å²) in [5, 5.41) is 0. The lowest BCUT2D eigenvalue weighted by Crippen LogP contribution is -2.10. The Labute approximate surface area is 133 Å². The second-order valence-electron chi connectivity index (χ2n) is 6.39. The molecule has 1 atom stereocenters. The molecule has 21 heavy (non-hydrogen) atoms. The maximum Gasteiger partial charge on any atom is 0.158 e. The van der Waals surface area contributed by atoms with Crippen LogP contribution in [0.1, 0.15) is 104 Å². The minimum Gasteiger partial charge on any atom is -0.295 e. The highest BCUT2D eigenvalue weighted by Crippen LogP contribution is 2.17. The molecular weight excluding hydrogens is 256 g/mol. The van der Waals surface area contributed by atoms with E-state index in [0.717, 1.165) is 12.8 Å². The summed E-state index contributed by atoms with van der Waals surface area (Å²) >= 11 is 0. The Morgan fingerprint density at radius 2 is 1.24 bits per heavy atom. The van der Waals surface area contributed by atoms with E-state index in [0.29, 0.717) is 0 Å². The van der Waals surface area contributed by atoms with Gasteiger partial charge in [0, 0.05) is 5.92 Å². The van der Waals surface area contributed by atoms with Gasteiger partial charge in [0.05, 0.1) is 0 Å². The zero-order valence-electron chi connectivity index (χ0n) is 14.7. The molecule has 1 nitrogen and oxygen atoms in total. The van der Waals surface area contributed by atoms with Crippen LogP contribution in [0.15, 0.2) is 12.7 Å². The van der Waals surface area contributed by atoms with Crippen LogP contribution in [0.3, 0.4) is 0 Å². The van der Waals surface area contributed by atoms with Gasteiger partial charge < -0.3 is 0 Å². The first-order chi connectivity index (χ1) is 10.3. The van der Waals surface area contributed by atoms with Crippen LogP contribution in [0.2, 0.25) is 0 Å². The highest BCUT2D eigenvalue weighted by molar-refractivity contribution is 5.91. The quantitative estimate of drug-likeness (QED) is 0.224. The van der Waals surface area contributed by atoms with Crippen LogP contribution in [0.4, 0.5) is 0 Å². The zero-order chi connectivity index (χ0) is 15.8. The molecule has 0 spiro atoms. The lowest BCUT2D eigenvalue weighted by atomic mass is 9.94. The molecule has 0 radical (unpaired) electrons. The van der Waals surface area contributed by atoms with Crippen LogP contribution in [0.25, 0.3) is 0 Å². The number of allylic oxidation sites excluding steroid dienone is 1. The maximum absolute atomic E-state index is 11.6. The van der Waals surface area contributed by atoms with Crippen molar-refractivity contribution in [1.82, 2.24) is 0 Å². The number of rotatable bonds is 16. The molecule has 0 bridgehead atoms. The fourth-order valence-electron chi connectivity index (χ4n) is 2.95. The van der Waals surface area contributed by atoms with E-state index in [1.165, 1.54) is 83.1 Å². The lowest BCUT2D eigenvalue weighted by Gasteiger charge is -2.10. The molecule has 0 aromatic heterocycles. The van der Waals surface area contributed by atoms with Gasteiger partial charge in [0.2, 0.25) is 0 Å². The first kappa shape index (κ1) is 20.4. The van der Waals surface area contributed by atoms with Crippen LogP contribution < -0.4 is 0 Å². The summed E-state index contributed by atoms with van der Waals surface area (Å²) in [6.07, 6.45) is 20.0. The number of unbranched alkanes of at least 4 members (excludes halogenated alkanes) is 11. The zero-order valence-corrected chi connectivity index (χ0v) is 14.7. The fourth-order valence-corrected chi connectivity index (χ4v) is 2.95. The fraction of sp³-hybridized carbons (Fsp3) is 0.850. The normalized spacial score (nSPS) is 12.3. The van der Waals surface area contributed by atoms with Crippen molar-refractivity contribution >= 4 is 5.78 Å². The van der Waals surface area contributed by atoms with Crippen LogP contribution in [-0.2, 0) is 4.79 Å².